The van der Waals surface area contributed by atoms with E-state index in [0.717, 1.165) is 12.8 Å². The van der Waals surface area contributed by atoms with Crippen molar-refractivity contribution in [3.8, 4) is 0 Å². The van der Waals surface area contributed by atoms with Gasteiger partial charge in [-0.25, -0.2) is 0 Å². The summed E-state index contributed by atoms with van der Waals surface area (Å²) in [5.74, 6) is 0.640. The smallest absolute Gasteiger partial charge is 0.0776 e. The van der Waals surface area contributed by atoms with Crippen LogP contribution in [0.3, 0.4) is 0 Å². The molecule has 1 N–H and O–H groups in total. The zero-order chi connectivity index (χ0) is 12.2. The molecule has 0 aliphatic rings. The van der Waals surface area contributed by atoms with Crippen molar-refractivity contribution in [2.24, 2.45) is 5.92 Å². The Hall–Kier alpha value is -0.120. The molecule has 3 nitrogen and oxygen atoms in total. The van der Waals surface area contributed by atoms with Crippen LogP contribution < -0.4 is 0 Å². The van der Waals surface area contributed by atoms with Crippen molar-refractivity contribution >= 4 is 0 Å². The first-order valence-electron chi connectivity index (χ1n) is 6.49. The molecule has 3 heteroatoms. The summed E-state index contributed by atoms with van der Waals surface area (Å²) in [4.78, 5) is 0. The highest BCUT2D eigenvalue weighted by Gasteiger charge is 2.12. The maximum absolute atomic E-state index is 9.78. The fourth-order valence-electron chi connectivity index (χ4n) is 1.80. The van der Waals surface area contributed by atoms with E-state index >= 15 is 0 Å². The van der Waals surface area contributed by atoms with Gasteiger partial charge in [-0.3, -0.25) is 0 Å². The monoisotopic (exact) mass is 232 g/mol. The van der Waals surface area contributed by atoms with Crippen molar-refractivity contribution in [2.45, 2.75) is 52.1 Å². The minimum absolute atomic E-state index is 0.321. The first-order valence-corrected chi connectivity index (χ1v) is 6.49. The summed E-state index contributed by atoms with van der Waals surface area (Å²) < 4.78 is 10.2. The summed E-state index contributed by atoms with van der Waals surface area (Å²) in [7, 11) is 1.65. The fourth-order valence-corrected chi connectivity index (χ4v) is 1.80. The SMILES string of the molecule is CCCCC(CC)CC(O)COCCOC. The summed E-state index contributed by atoms with van der Waals surface area (Å²) in [6, 6.07) is 0. The highest BCUT2D eigenvalue weighted by atomic mass is 16.5. The van der Waals surface area contributed by atoms with Crippen LogP contribution in [-0.4, -0.2) is 38.1 Å². The second-order valence-electron chi connectivity index (χ2n) is 4.37. The second-order valence-corrected chi connectivity index (χ2v) is 4.37. The fraction of sp³-hybridized carbons (Fsp3) is 1.00. The van der Waals surface area contributed by atoms with E-state index in [-0.39, 0.29) is 6.10 Å². The quantitative estimate of drug-likeness (QED) is 0.557. The van der Waals surface area contributed by atoms with Gasteiger partial charge in [0.05, 0.1) is 25.9 Å². The molecule has 98 valence electrons. The van der Waals surface area contributed by atoms with Gasteiger partial charge in [-0.2, -0.15) is 0 Å². The molecule has 0 bridgehead atoms. The van der Waals surface area contributed by atoms with Crippen molar-refractivity contribution in [3.05, 3.63) is 0 Å². The van der Waals surface area contributed by atoms with E-state index in [9.17, 15) is 5.11 Å². The van der Waals surface area contributed by atoms with Gasteiger partial charge in [-0.15, -0.1) is 0 Å². The number of hydrogen-bond donors (Lipinski definition) is 1. The molecule has 0 amide bonds. The minimum atomic E-state index is -0.321. The van der Waals surface area contributed by atoms with Gasteiger partial charge in [0.25, 0.3) is 0 Å². The third kappa shape index (κ3) is 9.13. The van der Waals surface area contributed by atoms with E-state index in [2.05, 4.69) is 13.8 Å². The Kier molecular flexibility index (Phi) is 11.3. The predicted octanol–water partition coefficient (Wildman–Crippen LogP) is 2.62. The van der Waals surface area contributed by atoms with Crippen LogP contribution in [-0.2, 0) is 9.47 Å². The average molecular weight is 232 g/mol. The highest BCUT2D eigenvalue weighted by molar-refractivity contribution is 4.64. The van der Waals surface area contributed by atoms with Crippen LogP contribution in [0.25, 0.3) is 0 Å². The Balaban J connectivity index is 3.53. The van der Waals surface area contributed by atoms with E-state index in [1.165, 1.54) is 19.3 Å². The molecule has 0 rings (SSSR count). The number of hydrogen-bond acceptors (Lipinski definition) is 3. The molecule has 0 fully saturated rings. The van der Waals surface area contributed by atoms with E-state index in [0.29, 0.717) is 25.7 Å². The Morgan fingerprint density at radius 1 is 1.19 bits per heavy atom. The summed E-state index contributed by atoms with van der Waals surface area (Å²) >= 11 is 0. The average Bonchev–Trinajstić information content (AvgIpc) is 2.30. The number of aliphatic hydroxyl groups is 1. The molecule has 2 atom stereocenters. The van der Waals surface area contributed by atoms with Crippen LogP contribution >= 0.6 is 0 Å². The van der Waals surface area contributed by atoms with Crippen molar-refractivity contribution in [1.29, 1.82) is 0 Å². The number of ether oxygens (including phenoxy) is 2. The van der Waals surface area contributed by atoms with Crippen LogP contribution in [0.2, 0.25) is 0 Å². The molecule has 0 heterocycles. The lowest BCUT2D eigenvalue weighted by molar-refractivity contribution is 0.00355. The predicted molar refractivity (Wildman–Crippen MR) is 66.6 cm³/mol. The van der Waals surface area contributed by atoms with E-state index in [4.69, 9.17) is 9.47 Å². The second kappa shape index (κ2) is 11.4. The van der Waals surface area contributed by atoms with Gasteiger partial charge in [0, 0.05) is 7.11 Å². The summed E-state index contributed by atoms with van der Waals surface area (Å²) in [6.45, 7) is 6.00. The Morgan fingerprint density at radius 3 is 2.50 bits per heavy atom. The van der Waals surface area contributed by atoms with Crippen molar-refractivity contribution in [1.82, 2.24) is 0 Å². The van der Waals surface area contributed by atoms with Crippen molar-refractivity contribution in [2.75, 3.05) is 26.9 Å². The summed E-state index contributed by atoms with van der Waals surface area (Å²) in [6.07, 6.45) is 5.41. The minimum Gasteiger partial charge on any atom is -0.391 e. The number of methoxy groups -OCH3 is 1. The third-order valence-corrected chi connectivity index (χ3v) is 2.89. The molecule has 2 unspecified atom stereocenters. The molecule has 0 aliphatic heterocycles. The molecule has 0 aromatic heterocycles. The maximum atomic E-state index is 9.78. The first-order chi connectivity index (χ1) is 7.74. The molecular formula is C13H28O3. The number of unbranched alkanes of at least 4 members (excludes halogenated alkanes) is 1. The van der Waals surface area contributed by atoms with Crippen LogP contribution in [0.15, 0.2) is 0 Å². The van der Waals surface area contributed by atoms with Gasteiger partial charge >= 0.3 is 0 Å². The lowest BCUT2D eigenvalue weighted by Gasteiger charge is -2.18. The number of aliphatic hydroxyl groups excluding tert-OH is 1. The number of rotatable bonds is 11. The molecular weight excluding hydrogens is 204 g/mol. The van der Waals surface area contributed by atoms with Gasteiger partial charge in [0.15, 0.2) is 0 Å². The van der Waals surface area contributed by atoms with Crippen LogP contribution in [0, 0.1) is 5.92 Å². The molecule has 0 aromatic rings. The van der Waals surface area contributed by atoms with Gasteiger partial charge in [-0.05, 0) is 12.3 Å². The Morgan fingerprint density at radius 2 is 1.94 bits per heavy atom. The lowest BCUT2D eigenvalue weighted by atomic mass is 9.93. The summed E-state index contributed by atoms with van der Waals surface area (Å²) in [5.41, 5.74) is 0. The van der Waals surface area contributed by atoms with Gasteiger partial charge < -0.3 is 14.6 Å². The van der Waals surface area contributed by atoms with Crippen molar-refractivity contribution < 1.29 is 14.6 Å². The molecule has 0 spiro atoms. The van der Waals surface area contributed by atoms with Gasteiger partial charge in [0.1, 0.15) is 0 Å². The van der Waals surface area contributed by atoms with Gasteiger partial charge in [0.2, 0.25) is 0 Å². The largest absolute Gasteiger partial charge is 0.391 e. The normalized spacial score (nSPS) is 15.0. The van der Waals surface area contributed by atoms with E-state index in [1.807, 2.05) is 0 Å². The van der Waals surface area contributed by atoms with Crippen LogP contribution in [0.4, 0.5) is 0 Å². The molecule has 0 saturated heterocycles. The Bertz CT molecular complexity index is 139. The van der Waals surface area contributed by atoms with Crippen LogP contribution in [0.5, 0.6) is 0 Å². The summed E-state index contributed by atoms with van der Waals surface area (Å²) in [5, 5.41) is 9.78. The van der Waals surface area contributed by atoms with E-state index in [1.54, 1.807) is 7.11 Å². The lowest BCUT2D eigenvalue weighted by Crippen LogP contribution is -2.20. The first kappa shape index (κ1) is 15.9. The standard InChI is InChI=1S/C13H28O3/c1-4-6-7-12(5-2)10-13(14)11-16-9-8-15-3/h12-14H,4-11H2,1-3H3. The van der Waals surface area contributed by atoms with E-state index < -0.39 is 0 Å². The van der Waals surface area contributed by atoms with Gasteiger partial charge in [-0.1, -0.05) is 39.5 Å². The zero-order valence-corrected chi connectivity index (χ0v) is 11.1. The third-order valence-electron chi connectivity index (χ3n) is 2.89. The van der Waals surface area contributed by atoms with Crippen LogP contribution in [0.1, 0.15) is 46.0 Å². The molecule has 0 saturated carbocycles. The molecule has 0 aromatic carbocycles. The van der Waals surface area contributed by atoms with Crippen molar-refractivity contribution in [3.63, 3.8) is 0 Å². The zero-order valence-electron chi connectivity index (χ0n) is 11.1. The molecule has 0 aliphatic carbocycles. The molecule has 0 radical (unpaired) electrons. The topological polar surface area (TPSA) is 38.7 Å². The maximum Gasteiger partial charge on any atom is 0.0776 e. The Labute approximate surface area is 100 Å². The highest BCUT2D eigenvalue weighted by Crippen LogP contribution is 2.18. The molecule has 16 heavy (non-hydrogen) atoms.